The van der Waals surface area contributed by atoms with Gasteiger partial charge in [0, 0.05) is 5.56 Å². The maximum absolute atomic E-state index is 12.1. The van der Waals surface area contributed by atoms with E-state index in [9.17, 15) is 4.79 Å². The number of ether oxygens (including phenoxy) is 4. The van der Waals surface area contributed by atoms with Gasteiger partial charge in [-0.1, -0.05) is 11.2 Å². The van der Waals surface area contributed by atoms with E-state index in [0.29, 0.717) is 34.2 Å². The van der Waals surface area contributed by atoms with Crippen LogP contribution in [0.15, 0.2) is 47.0 Å². The first-order valence-electron chi connectivity index (χ1n) is 8.00. The van der Waals surface area contributed by atoms with Gasteiger partial charge in [-0.05, 0) is 36.4 Å². The Kier molecular flexibility index (Phi) is 5.55. The Balaban J connectivity index is 1.68. The summed E-state index contributed by atoms with van der Waals surface area (Å²) in [6.45, 7) is -0.143. The Labute approximate surface area is 155 Å². The van der Waals surface area contributed by atoms with E-state index in [1.165, 1.54) is 7.11 Å². The highest BCUT2D eigenvalue weighted by Crippen LogP contribution is 2.31. The first-order valence-corrected chi connectivity index (χ1v) is 8.00. The molecule has 0 unspecified atom stereocenters. The lowest BCUT2D eigenvalue weighted by Gasteiger charge is -2.07. The van der Waals surface area contributed by atoms with Crippen molar-refractivity contribution in [3.8, 4) is 28.6 Å². The summed E-state index contributed by atoms with van der Waals surface area (Å²) < 4.78 is 25.9. The van der Waals surface area contributed by atoms with Crippen LogP contribution in [-0.4, -0.2) is 37.4 Å². The summed E-state index contributed by atoms with van der Waals surface area (Å²) in [4.78, 5) is 16.4. The molecule has 0 saturated heterocycles. The molecular formula is C19H18N2O6. The molecule has 0 aliphatic heterocycles. The smallest absolute Gasteiger partial charge is 0.338 e. The number of nitrogens with zero attached hydrogens (tertiary/aromatic N) is 2. The molecule has 8 heteroatoms. The topological polar surface area (TPSA) is 92.9 Å². The van der Waals surface area contributed by atoms with Crippen molar-refractivity contribution >= 4 is 5.97 Å². The lowest BCUT2D eigenvalue weighted by Crippen LogP contribution is -2.05. The maximum Gasteiger partial charge on any atom is 0.338 e. The molecule has 27 heavy (non-hydrogen) atoms. The van der Waals surface area contributed by atoms with Gasteiger partial charge in [-0.2, -0.15) is 4.98 Å². The van der Waals surface area contributed by atoms with Crippen molar-refractivity contribution in [1.82, 2.24) is 10.1 Å². The van der Waals surface area contributed by atoms with E-state index in [0.717, 1.165) is 0 Å². The Hall–Kier alpha value is -3.55. The zero-order valence-corrected chi connectivity index (χ0v) is 15.1. The second kappa shape index (κ2) is 8.22. The first-order chi connectivity index (χ1) is 13.1. The molecule has 0 saturated carbocycles. The third-order valence-electron chi connectivity index (χ3n) is 3.74. The summed E-state index contributed by atoms with van der Waals surface area (Å²) in [7, 11) is 4.63. The molecule has 2 aromatic carbocycles. The molecule has 0 bridgehead atoms. The predicted octanol–water partition coefficient (Wildman–Crippen LogP) is 3.12. The zero-order chi connectivity index (χ0) is 19.2. The minimum atomic E-state index is -0.514. The van der Waals surface area contributed by atoms with Gasteiger partial charge in [-0.3, -0.25) is 0 Å². The molecule has 0 amide bonds. The van der Waals surface area contributed by atoms with Gasteiger partial charge in [-0.15, -0.1) is 0 Å². The summed E-state index contributed by atoms with van der Waals surface area (Å²) in [6, 6.07) is 11.9. The number of hydrogen-bond donors (Lipinski definition) is 0. The van der Waals surface area contributed by atoms with Crippen molar-refractivity contribution in [1.29, 1.82) is 0 Å². The van der Waals surface area contributed by atoms with Crippen LogP contribution in [0.3, 0.4) is 0 Å². The molecule has 0 aliphatic carbocycles. The molecule has 8 nitrogen and oxygen atoms in total. The summed E-state index contributed by atoms with van der Waals surface area (Å²) in [5.74, 6) is 1.72. The Morgan fingerprint density at radius 3 is 2.56 bits per heavy atom. The lowest BCUT2D eigenvalue weighted by molar-refractivity contribution is 0.0429. The maximum atomic E-state index is 12.1. The summed E-state index contributed by atoms with van der Waals surface area (Å²) in [5.41, 5.74) is 1.05. The van der Waals surface area contributed by atoms with Gasteiger partial charge in [-0.25, -0.2) is 4.79 Å². The standard InChI is InChI=1S/C19H18N2O6/c1-23-14-6-4-5-13(9-14)19(22)26-11-17-20-18(21-27-17)12-7-8-15(24-2)16(10-12)25-3/h4-10H,11H2,1-3H3. The van der Waals surface area contributed by atoms with Crippen molar-refractivity contribution in [2.75, 3.05) is 21.3 Å². The summed E-state index contributed by atoms with van der Waals surface area (Å²) in [6.07, 6.45) is 0. The van der Waals surface area contributed by atoms with Crippen LogP contribution in [0.2, 0.25) is 0 Å². The Morgan fingerprint density at radius 1 is 1.00 bits per heavy atom. The van der Waals surface area contributed by atoms with E-state index in [2.05, 4.69) is 10.1 Å². The zero-order valence-electron chi connectivity index (χ0n) is 15.1. The second-order valence-corrected chi connectivity index (χ2v) is 5.39. The van der Waals surface area contributed by atoms with Crippen LogP contribution in [0, 0.1) is 0 Å². The summed E-state index contributed by atoms with van der Waals surface area (Å²) in [5, 5.41) is 3.90. The van der Waals surface area contributed by atoms with Gasteiger partial charge in [0.1, 0.15) is 5.75 Å². The number of carbonyl (C=O) groups is 1. The molecule has 140 valence electrons. The number of rotatable bonds is 7. The fourth-order valence-corrected chi connectivity index (χ4v) is 2.37. The third kappa shape index (κ3) is 4.17. The van der Waals surface area contributed by atoms with Crippen molar-refractivity contribution in [2.45, 2.75) is 6.61 Å². The molecule has 0 spiro atoms. The minimum absolute atomic E-state index is 0.143. The van der Waals surface area contributed by atoms with E-state index in [1.54, 1.807) is 56.7 Å². The van der Waals surface area contributed by atoms with Crippen molar-refractivity contribution in [2.24, 2.45) is 0 Å². The van der Waals surface area contributed by atoms with Crippen molar-refractivity contribution in [3.05, 3.63) is 53.9 Å². The Bertz CT molecular complexity index is 937. The van der Waals surface area contributed by atoms with Crippen LogP contribution in [-0.2, 0) is 11.3 Å². The molecule has 3 rings (SSSR count). The van der Waals surface area contributed by atoms with Gasteiger partial charge in [0.25, 0.3) is 5.89 Å². The second-order valence-electron chi connectivity index (χ2n) is 5.39. The molecule has 0 radical (unpaired) electrons. The molecule has 1 heterocycles. The van der Waals surface area contributed by atoms with E-state index < -0.39 is 5.97 Å². The van der Waals surface area contributed by atoms with Crippen LogP contribution >= 0.6 is 0 Å². The lowest BCUT2D eigenvalue weighted by atomic mass is 10.2. The molecule has 3 aromatic rings. The van der Waals surface area contributed by atoms with E-state index in [-0.39, 0.29) is 12.5 Å². The van der Waals surface area contributed by atoms with Crippen LogP contribution in [0.4, 0.5) is 0 Å². The minimum Gasteiger partial charge on any atom is -0.497 e. The largest absolute Gasteiger partial charge is 0.497 e. The molecule has 0 atom stereocenters. The van der Waals surface area contributed by atoms with Crippen molar-refractivity contribution in [3.63, 3.8) is 0 Å². The highest BCUT2D eigenvalue weighted by atomic mass is 16.6. The normalized spacial score (nSPS) is 10.3. The number of hydrogen-bond acceptors (Lipinski definition) is 8. The highest BCUT2D eigenvalue weighted by Gasteiger charge is 2.14. The van der Waals surface area contributed by atoms with Crippen molar-refractivity contribution < 1.29 is 28.3 Å². The van der Waals surface area contributed by atoms with Crippen LogP contribution in [0.25, 0.3) is 11.4 Å². The van der Waals surface area contributed by atoms with E-state index in [4.69, 9.17) is 23.5 Å². The molecule has 0 aliphatic rings. The van der Waals surface area contributed by atoms with Gasteiger partial charge >= 0.3 is 5.97 Å². The van der Waals surface area contributed by atoms with Gasteiger partial charge in [0.2, 0.25) is 5.82 Å². The van der Waals surface area contributed by atoms with E-state index >= 15 is 0 Å². The van der Waals surface area contributed by atoms with Crippen LogP contribution in [0.5, 0.6) is 17.2 Å². The quantitative estimate of drug-likeness (QED) is 0.586. The Morgan fingerprint density at radius 2 is 1.81 bits per heavy atom. The number of esters is 1. The fraction of sp³-hybridized carbons (Fsp3) is 0.211. The van der Waals surface area contributed by atoms with Gasteiger partial charge < -0.3 is 23.5 Å². The third-order valence-corrected chi connectivity index (χ3v) is 3.74. The number of methoxy groups -OCH3 is 3. The predicted molar refractivity (Wildman–Crippen MR) is 95.0 cm³/mol. The molecule has 0 N–H and O–H groups in total. The average Bonchev–Trinajstić information content (AvgIpc) is 3.20. The first kappa shape index (κ1) is 18.2. The monoisotopic (exact) mass is 370 g/mol. The van der Waals surface area contributed by atoms with E-state index in [1.807, 2.05) is 0 Å². The summed E-state index contributed by atoms with van der Waals surface area (Å²) >= 11 is 0. The number of aromatic nitrogens is 2. The SMILES string of the molecule is COc1cccc(C(=O)OCc2nc(-c3ccc(OC)c(OC)c3)no2)c1. The van der Waals surface area contributed by atoms with Gasteiger partial charge in [0.15, 0.2) is 18.1 Å². The molecule has 1 aromatic heterocycles. The molecular weight excluding hydrogens is 352 g/mol. The van der Waals surface area contributed by atoms with Crippen LogP contribution in [0.1, 0.15) is 16.2 Å². The number of benzene rings is 2. The van der Waals surface area contributed by atoms with Crippen LogP contribution < -0.4 is 14.2 Å². The molecule has 0 fully saturated rings. The average molecular weight is 370 g/mol. The number of carbonyl (C=O) groups excluding carboxylic acids is 1. The fourth-order valence-electron chi connectivity index (χ4n) is 2.37. The highest BCUT2D eigenvalue weighted by molar-refractivity contribution is 5.89. The van der Waals surface area contributed by atoms with Gasteiger partial charge in [0.05, 0.1) is 26.9 Å².